The Morgan fingerprint density at radius 3 is 2.39 bits per heavy atom. The molecule has 0 bridgehead atoms. The molecular formula is C11H10Cl2O4S. The maximum absolute atomic E-state index is 12.0. The summed E-state index contributed by atoms with van der Waals surface area (Å²) in [6.07, 6.45) is 0. The highest BCUT2D eigenvalue weighted by molar-refractivity contribution is 7.91. The second-order valence-electron chi connectivity index (χ2n) is 3.76. The molecule has 0 saturated carbocycles. The fourth-order valence-corrected chi connectivity index (χ4v) is 3.71. The minimum atomic E-state index is -3.72. The number of carbonyl (C=O) groups is 1. The SMILES string of the molecule is C=C(C)CS(=O)(=O)c1ccc(Cl)c(C(=O)O)c1Cl. The van der Waals surface area contributed by atoms with E-state index >= 15 is 0 Å². The summed E-state index contributed by atoms with van der Waals surface area (Å²) in [6.45, 7) is 5.06. The quantitative estimate of drug-likeness (QED) is 0.868. The van der Waals surface area contributed by atoms with Gasteiger partial charge in [-0.25, -0.2) is 13.2 Å². The van der Waals surface area contributed by atoms with Crippen molar-refractivity contribution in [1.82, 2.24) is 0 Å². The van der Waals surface area contributed by atoms with Gasteiger partial charge in [0.25, 0.3) is 0 Å². The Kier molecular flexibility index (Phi) is 4.42. The summed E-state index contributed by atoms with van der Waals surface area (Å²) in [7, 11) is -3.72. The molecule has 7 heteroatoms. The predicted molar refractivity (Wildman–Crippen MR) is 70.3 cm³/mol. The van der Waals surface area contributed by atoms with Gasteiger partial charge < -0.3 is 5.11 Å². The Bertz CT molecular complexity index is 620. The molecule has 98 valence electrons. The zero-order valence-corrected chi connectivity index (χ0v) is 11.7. The molecule has 1 aromatic carbocycles. The fourth-order valence-electron chi connectivity index (χ4n) is 1.37. The summed E-state index contributed by atoms with van der Waals surface area (Å²) in [5.41, 5.74) is 0.0130. The van der Waals surface area contributed by atoms with E-state index in [1.807, 2.05) is 0 Å². The second kappa shape index (κ2) is 5.30. The van der Waals surface area contributed by atoms with Gasteiger partial charge in [-0.1, -0.05) is 35.4 Å². The summed E-state index contributed by atoms with van der Waals surface area (Å²) in [4.78, 5) is 10.7. The molecular weight excluding hydrogens is 299 g/mol. The standard InChI is InChI=1S/C11H10Cl2O4S/c1-6(2)5-18(16,17)8-4-3-7(12)9(10(8)13)11(14)15/h3-4H,1,5H2,2H3,(H,14,15). The first-order chi connectivity index (χ1) is 8.16. The molecule has 0 aliphatic heterocycles. The van der Waals surface area contributed by atoms with Crippen LogP contribution in [0.25, 0.3) is 0 Å². The number of aromatic carboxylic acids is 1. The molecule has 0 heterocycles. The topological polar surface area (TPSA) is 71.4 Å². The van der Waals surface area contributed by atoms with Gasteiger partial charge in [0.1, 0.15) is 0 Å². The van der Waals surface area contributed by atoms with Gasteiger partial charge in [0.05, 0.1) is 26.3 Å². The first kappa shape index (κ1) is 15.0. The van der Waals surface area contributed by atoms with E-state index in [0.29, 0.717) is 5.57 Å². The third-order valence-corrected chi connectivity index (χ3v) is 4.74. The highest BCUT2D eigenvalue weighted by Gasteiger charge is 2.24. The molecule has 0 unspecified atom stereocenters. The summed E-state index contributed by atoms with van der Waals surface area (Å²) >= 11 is 11.5. The highest BCUT2D eigenvalue weighted by Crippen LogP contribution is 2.32. The molecule has 0 aliphatic carbocycles. The molecule has 0 radical (unpaired) electrons. The molecule has 1 N–H and O–H groups in total. The van der Waals surface area contributed by atoms with Crippen molar-refractivity contribution in [1.29, 1.82) is 0 Å². The molecule has 0 atom stereocenters. The average Bonchev–Trinajstić information content (AvgIpc) is 2.13. The number of carboxylic acids is 1. The third kappa shape index (κ3) is 3.04. The molecule has 0 saturated heterocycles. The molecule has 1 rings (SSSR count). The van der Waals surface area contributed by atoms with E-state index in [4.69, 9.17) is 28.3 Å². The van der Waals surface area contributed by atoms with Crippen LogP contribution in [0.5, 0.6) is 0 Å². The van der Waals surface area contributed by atoms with Gasteiger partial charge in [-0.2, -0.15) is 0 Å². The van der Waals surface area contributed by atoms with E-state index in [0.717, 1.165) is 0 Å². The van der Waals surface area contributed by atoms with Crippen LogP contribution in [0.2, 0.25) is 10.0 Å². The van der Waals surface area contributed by atoms with Crippen LogP contribution >= 0.6 is 23.2 Å². The van der Waals surface area contributed by atoms with E-state index in [1.54, 1.807) is 6.92 Å². The van der Waals surface area contributed by atoms with Crippen molar-refractivity contribution in [2.24, 2.45) is 0 Å². The Balaban J connectivity index is 3.50. The van der Waals surface area contributed by atoms with Crippen molar-refractivity contribution < 1.29 is 18.3 Å². The van der Waals surface area contributed by atoms with Crippen LogP contribution in [-0.2, 0) is 9.84 Å². The van der Waals surface area contributed by atoms with Gasteiger partial charge in [-0.15, -0.1) is 0 Å². The first-order valence-electron chi connectivity index (χ1n) is 4.75. The molecule has 1 aromatic rings. The lowest BCUT2D eigenvalue weighted by atomic mass is 10.2. The largest absolute Gasteiger partial charge is 0.478 e. The second-order valence-corrected chi connectivity index (χ2v) is 6.50. The maximum atomic E-state index is 12.0. The number of carboxylic acid groups (broad SMARTS) is 1. The Hall–Kier alpha value is -1.04. The van der Waals surface area contributed by atoms with Gasteiger partial charge >= 0.3 is 5.97 Å². The lowest BCUT2D eigenvalue weighted by Gasteiger charge is -2.09. The molecule has 18 heavy (non-hydrogen) atoms. The summed E-state index contributed by atoms with van der Waals surface area (Å²) in [5, 5.41) is 8.45. The van der Waals surface area contributed by atoms with Crippen LogP contribution in [0.3, 0.4) is 0 Å². The smallest absolute Gasteiger partial charge is 0.338 e. The summed E-state index contributed by atoms with van der Waals surface area (Å²) in [6, 6.07) is 2.39. The zero-order chi connectivity index (χ0) is 14.1. The number of rotatable bonds is 4. The van der Waals surface area contributed by atoms with Crippen molar-refractivity contribution in [3.63, 3.8) is 0 Å². The van der Waals surface area contributed by atoms with E-state index < -0.39 is 21.4 Å². The van der Waals surface area contributed by atoms with Gasteiger partial charge in [0.2, 0.25) is 0 Å². The highest BCUT2D eigenvalue weighted by atomic mass is 35.5. The van der Waals surface area contributed by atoms with Gasteiger partial charge in [0.15, 0.2) is 9.84 Å². The van der Waals surface area contributed by atoms with Gasteiger partial charge in [0, 0.05) is 0 Å². The number of hydrogen-bond acceptors (Lipinski definition) is 3. The first-order valence-corrected chi connectivity index (χ1v) is 7.16. The van der Waals surface area contributed by atoms with E-state index in [9.17, 15) is 13.2 Å². The number of sulfone groups is 1. The average molecular weight is 309 g/mol. The van der Waals surface area contributed by atoms with Crippen LogP contribution < -0.4 is 0 Å². The number of halogens is 2. The van der Waals surface area contributed by atoms with Crippen molar-refractivity contribution in [3.8, 4) is 0 Å². The fraction of sp³-hybridized carbons (Fsp3) is 0.182. The number of benzene rings is 1. The van der Waals surface area contributed by atoms with E-state index in [-0.39, 0.29) is 20.7 Å². The van der Waals surface area contributed by atoms with Crippen LogP contribution in [0, 0.1) is 0 Å². The molecule has 0 fully saturated rings. The van der Waals surface area contributed by atoms with Crippen LogP contribution in [0.4, 0.5) is 0 Å². The molecule has 4 nitrogen and oxygen atoms in total. The van der Waals surface area contributed by atoms with Crippen molar-refractivity contribution >= 4 is 39.0 Å². The maximum Gasteiger partial charge on any atom is 0.338 e. The minimum Gasteiger partial charge on any atom is -0.478 e. The van der Waals surface area contributed by atoms with E-state index in [1.165, 1.54) is 12.1 Å². The lowest BCUT2D eigenvalue weighted by molar-refractivity contribution is 0.0697. The predicted octanol–water partition coefficient (Wildman–Crippen LogP) is 3.04. The number of hydrogen-bond donors (Lipinski definition) is 1. The Morgan fingerprint density at radius 2 is 1.94 bits per heavy atom. The van der Waals surface area contributed by atoms with Crippen LogP contribution in [0.1, 0.15) is 17.3 Å². The summed E-state index contributed by atoms with van der Waals surface area (Å²) in [5.74, 6) is -1.68. The van der Waals surface area contributed by atoms with Gasteiger partial charge in [-0.3, -0.25) is 0 Å². The Morgan fingerprint density at radius 1 is 1.39 bits per heavy atom. The van der Waals surface area contributed by atoms with Crippen molar-refractivity contribution in [2.75, 3.05) is 5.75 Å². The molecule has 0 spiro atoms. The summed E-state index contributed by atoms with van der Waals surface area (Å²) < 4.78 is 23.9. The zero-order valence-electron chi connectivity index (χ0n) is 9.41. The van der Waals surface area contributed by atoms with Crippen molar-refractivity contribution in [3.05, 3.63) is 39.9 Å². The van der Waals surface area contributed by atoms with Gasteiger partial charge in [-0.05, 0) is 19.1 Å². The third-order valence-electron chi connectivity index (χ3n) is 2.04. The van der Waals surface area contributed by atoms with Crippen LogP contribution in [-0.4, -0.2) is 25.2 Å². The lowest BCUT2D eigenvalue weighted by Crippen LogP contribution is -2.10. The molecule has 0 amide bonds. The van der Waals surface area contributed by atoms with E-state index in [2.05, 4.69) is 6.58 Å². The van der Waals surface area contributed by atoms with Crippen molar-refractivity contribution in [2.45, 2.75) is 11.8 Å². The molecule has 0 aliphatic rings. The monoisotopic (exact) mass is 308 g/mol. The van der Waals surface area contributed by atoms with Crippen LogP contribution in [0.15, 0.2) is 29.2 Å². The molecule has 0 aromatic heterocycles. The normalized spacial score (nSPS) is 11.3. The Labute approximate surface area is 115 Å². The minimum absolute atomic E-state index is 0.109.